The quantitative estimate of drug-likeness (QED) is 0.579. The standard InChI is InChI=1S/C14H13ClINO2/c1-9-14(12(16)7-13(15)17-9)19-8-10-3-5-11(18-2)6-4-10/h3-7H,8H2,1-2H3. The van der Waals surface area contributed by atoms with Crippen molar-refractivity contribution in [2.45, 2.75) is 13.5 Å². The lowest BCUT2D eigenvalue weighted by molar-refractivity contribution is 0.300. The Kier molecular flexibility index (Phi) is 4.87. The van der Waals surface area contributed by atoms with Gasteiger partial charge in [0, 0.05) is 0 Å². The maximum atomic E-state index is 5.89. The molecule has 0 aliphatic rings. The number of hydrogen-bond acceptors (Lipinski definition) is 3. The van der Waals surface area contributed by atoms with Crippen molar-refractivity contribution in [2.24, 2.45) is 0 Å². The third kappa shape index (κ3) is 3.73. The molecule has 100 valence electrons. The lowest BCUT2D eigenvalue weighted by Gasteiger charge is -2.11. The van der Waals surface area contributed by atoms with Crippen LogP contribution in [-0.4, -0.2) is 12.1 Å². The number of hydrogen-bond donors (Lipinski definition) is 0. The summed E-state index contributed by atoms with van der Waals surface area (Å²) in [5.41, 5.74) is 1.87. The molecule has 2 aromatic rings. The third-order valence-corrected chi connectivity index (χ3v) is 3.60. The second-order valence-corrected chi connectivity index (χ2v) is 5.53. The lowest BCUT2D eigenvalue weighted by atomic mass is 10.2. The van der Waals surface area contributed by atoms with Crippen LogP contribution < -0.4 is 9.47 Å². The van der Waals surface area contributed by atoms with Gasteiger partial charge in [0.25, 0.3) is 0 Å². The SMILES string of the molecule is COc1ccc(COc2c(I)cc(Cl)nc2C)cc1. The number of ether oxygens (including phenoxy) is 2. The first-order chi connectivity index (χ1) is 9.10. The average molecular weight is 390 g/mol. The fourth-order valence-corrected chi connectivity index (χ4v) is 2.90. The second kappa shape index (κ2) is 6.43. The Morgan fingerprint density at radius 1 is 1.26 bits per heavy atom. The van der Waals surface area contributed by atoms with Gasteiger partial charge >= 0.3 is 0 Å². The Balaban J connectivity index is 2.10. The Hall–Kier alpha value is -1.01. The molecule has 0 saturated carbocycles. The summed E-state index contributed by atoms with van der Waals surface area (Å²) < 4.78 is 11.9. The van der Waals surface area contributed by atoms with E-state index in [1.54, 1.807) is 13.2 Å². The summed E-state index contributed by atoms with van der Waals surface area (Å²) in [6.45, 7) is 2.38. The largest absolute Gasteiger partial charge is 0.497 e. The number of halogens is 2. The summed E-state index contributed by atoms with van der Waals surface area (Å²) in [6, 6.07) is 9.57. The first-order valence-corrected chi connectivity index (χ1v) is 7.14. The van der Waals surface area contributed by atoms with Crippen LogP contribution in [-0.2, 0) is 6.61 Å². The minimum atomic E-state index is 0.485. The van der Waals surface area contributed by atoms with Crippen molar-refractivity contribution in [1.29, 1.82) is 0 Å². The van der Waals surface area contributed by atoms with Gasteiger partial charge in [-0.2, -0.15) is 0 Å². The number of rotatable bonds is 4. The van der Waals surface area contributed by atoms with Gasteiger partial charge in [0.15, 0.2) is 5.75 Å². The summed E-state index contributed by atoms with van der Waals surface area (Å²) in [5.74, 6) is 1.61. The number of aryl methyl sites for hydroxylation is 1. The molecule has 0 radical (unpaired) electrons. The Morgan fingerprint density at radius 2 is 1.95 bits per heavy atom. The summed E-state index contributed by atoms with van der Waals surface area (Å²) in [5, 5.41) is 0.485. The highest BCUT2D eigenvalue weighted by Gasteiger charge is 2.08. The van der Waals surface area contributed by atoms with Crippen LogP contribution in [0.3, 0.4) is 0 Å². The number of methoxy groups -OCH3 is 1. The Labute approximate surface area is 131 Å². The molecule has 5 heteroatoms. The zero-order valence-corrected chi connectivity index (χ0v) is 13.5. The average Bonchev–Trinajstić information content (AvgIpc) is 2.38. The topological polar surface area (TPSA) is 31.4 Å². The van der Waals surface area contributed by atoms with E-state index in [0.29, 0.717) is 11.8 Å². The van der Waals surface area contributed by atoms with Crippen molar-refractivity contribution in [1.82, 2.24) is 4.98 Å². The molecular formula is C14H13ClINO2. The predicted octanol–water partition coefficient (Wildman–Crippen LogP) is 4.24. The summed E-state index contributed by atoms with van der Waals surface area (Å²) in [7, 11) is 1.65. The summed E-state index contributed by atoms with van der Waals surface area (Å²) in [6.07, 6.45) is 0. The molecule has 1 heterocycles. The number of pyridine rings is 1. The molecule has 0 N–H and O–H groups in total. The zero-order valence-electron chi connectivity index (χ0n) is 10.6. The van der Waals surface area contributed by atoms with Gasteiger partial charge in [0.05, 0.1) is 16.4 Å². The van der Waals surface area contributed by atoms with E-state index in [1.807, 2.05) is 31.2 Å². The molecule has 0 aliphatic heterocycles. The maximum absolute atomic E-state index is 5.89. The number of aromatic nitrogens is 1. The van der Waals surface area contributed by atoms with Crippen LogP contribution >= 0.6 is 34.2 Å². The van der Waals surface area contributed by atoms with Crippen LogP contribution in [0.15, 0.2) is 30.3 Å². The van der Waals surface area contributed by atoms with Gasteiger partial charge in [-0.1, -0.05) is 23.7 Å². The molecule has 0 spiro atoms. The van der Waals surface area contributed by atoms with Crippen LogP contribution in [0.1, 0.15) is 11.3 Å². The van der Waals surface area contributed by atoms with Gasteiger partial charge in [-0.05, 0) is 53.3 Å². The van der Waals surface area contributed by atoms with E-state index in [4.69, 9.17) is 21.1 Å². The van der Waals surface area contributed by atoms with Gasteiger partial charge < -0.3 is 9.47 Å². The van der Waals surface area contributed by atoms with E-state index in [0.717, 1.165) is 26.3 Å². The molecule has 1 aromatic heterocycles. The van der Waals surface area contributed by atoms with E-state index in [1.165, 1.54) is 0 Å². The first kappa shape index (κ1) is 14.4. The smallest absolute Gasteiger partial charge is 0.154 e. The molecular weight excluding hydrogens is 377 g/mol. The van der Waals surface area contributed by atoms with Crippen molar-refractivity contribution in [3.8, 4) is 11.5 Å². The van der Waals surface area contributed by atoms with E-state index >= 15 is 0 Å². The van der Waals surface area contributed by atoms with E-state index in [-0.39, 0.29) is 0 Å². The molecule has 0 aliphatic carbocycles. The molecule has 0 bridgehead atoms. The van der Waals surface area contributed by atoms with Gasteiger partial charge in [-0.15, -0.1) is 0 Å². The van der Waals surface area contributed by atoms with Crippen LogP contribution in [0.5, 0.6) is 11.5 Å². The molecule has 1 aromatic carbocycles. The molecule has 0 atom stereocenters. The van der Waals surface area contributed by atoms with Crippen LogP contribution in [0.4, 0.5) is 0 Å². The Morgan fingerprint density at radius 3 is 2.53 bits per heavy atom. The van der Waals surface area contributed by atoms with Gasteiger partial charge in [0.2, 0.25) is 0 Å². The van der Waals surface area contributed by atoms with Crippen LogP contribution in [0.25, 0.3) is 0 Å². The summed E-state index contributed by atoms with van der Waals surface area (Å²) >= 11 is 8.08. The van der Waals surface area contributed by atoms with Gasteiger partial charge in [0.1, 0.15) is 17.5 Å². The van der Waals surface area contributed by atoms with Crippen molar-refractivity contribution in [3.05, 3.63) is 50.3 Å². The molecule has 0 unspecified atom stereocenters. The first-order valence-electron chi connectivity index (χ1n) is 5.68. The zero-order chi connectivity index (χ0) is 13.8. The number of benzene rings is 1. The van der Waals surface area contributed by atoms with Gasteiger partial charge in [-0.3, -0.25) is 0 Å². The van der Waals surface area contributed by atoms with Crippen molar-refractivity contribution >= 4 is 34.2 Å². The van der Waals surface area contributed by atoms with Crippen molar-refractivity contribution in [2.75, 3.05) is 7.11 Å². The molecule has 2 rings (SSSR count). The van der Waals surface area contributed by atoms with Crippen LogP contribution in [0.2, 0.25) is 5.15 Å². The molecule has 19 heavy (non-hydrogen) atoms. The predicted molar refractivity (Wildman–Crippen MR) is 84.0 cm³/mol. The number of nitrogens with zero attached hydrogens (tertiary/aromatic N) is 1. The fraction of sp³-hybridized carbons (Fsp3) is 0.214. The molecule has 3 nitrogen and oxygen atoms in total. The van der Waals surface area contributed by atoms with Crippen molar-refractivity contribution < 1.29 is 9.47 Å². The summed E-state index contributed by atoms with van der Waals surface area (Å²) in [4.78, 5) is 4.19. The Bertz CT molecular complexity index is 549. The molecule has 0 amide bonds. The minimum absolute atomic E-state index is 0.485. The highest BCUT2D eigenvalue weighted by atomic mass is 127. The van der Waals surface area contributed by atoms with Crippen molar-refractivity contribution in [3.63, 3.8) is 0 Å². The molecule has 0 fully saturated rings. The minimum Gasteiger partial charge on any atom is -0.497 e. The van der Waals surface area contributed by atoms with E-state index < -0.39 is 0 Å². The normalized spacial score (nSPS) is 10.3. The van der Waals surface area contributed by atoms with E-state index in [9.17, 15) is 0 Å². The van der Waals surface area contributed by atoms with Crippen LogP contribution in [0, 0.1) is 10.5 Å². The highest BCUT2D eigenvalue weighted by Crippen LogP contribution is 2.27. The lowest BCUT2D eigenvalue weighted by Crippen LogP contribution is -2.00. The second-order valence-electron chi connectivity index (χ2n) is 3.98. The van der Waals surface area contributed by atoms with E-state index in [2.05, 4.69) is 27.6 Å². The third-order valence-electron chi connectivity index (χ3n) is 2.61. The molecule has 0 saturated heterocycles. The van der Waals surface area contributed by atoms with Gasteiger partial charge in [-0.25, -0.2) is 4.98 Å². The highest BCUT2D eigenvalue weighted by molar-refractivity contribution is 14.1. The maximum Gasteiger partial charge on any atom is 0.154 e. The fourth-order valence-electron chi connectivity index (χ4n) is 1.64. The monoisotopic (exact) mass is 389 g/mol.